The summed E-state index contributed by atoms with van der Waals surface area (Å²) in [6.45, 7) is 2.10. The first-order valence-electron chi connectivity index (χ1n) is 6.47. The average Bonchev–Trinajstić information content (AvgIpc) is 2.94. The van der Waals surface area contributed by atoms with Gasteiger partial charge in [-0.3, -0.25) is 0 Å². The van der Waals surface area contributed by atoms with Crippen LogP contribution in [0.5, 0.6) is 0 Å². The van der Waals surface area contributed by atoms with Crippen molar-refractivity contribution in [2.75, 3.05) is 0 Å². The number of carbonyl (C=O) groups excluding carboxylic acids is 1. The Morgan fingerprint density at radius 3 is 2.90 bits per heavy atom. The molecule has 0 spiro atoms. The highest BCUT2D eigenvalue weighted by molar-refractivity contribution is 7.17. The second kappa shape index (κ2) is 5.47. The Kier molecular flexibility index (Phi) is 3.52. The van der Waals surface area contributed by atoms with Crippen LogP contribution in [0.4, 0.5) is 0 Å². The van der Waals surface area contributed by atoms with Crippen molar-refractivity contribution in [1.29, 1.82) is 0 Å². The summed E-state index contributed by atoms with van der Waals surface area (Å²) in [6.07, 6.45) is 3.11. The summed E-state index contributed by atoms with van der Waals surface area (Å²) in [5.41, 5.74) is 1.04. The average molecular weight is 282 g/mol. The summed E-state index contributed by atoms with van der Waals surface area (Å²) >= 11 is 1.74. The Hall–Kier alpha value is -2.13. The highest BCUT2D eigenvalue weighted by Gasteiger charge is 2.06. The van der Waals surface area contributed by atoms with Gasteiger partial charge in [0.1, 0.15) is 6.61 Å². The third-order valence-electron chi connectivity index (χ3n) is 3.26. The van der Waals surface area contributed by atoms with Crippen LogP contribution in [0.15, 0.2) is 53.9 Å². The number of thiophene rings is 1. The SMILES string of the molecule is CC=CC(=O)OCc1cccc2c1ccc1sccc12. The first-order valence-corrected chi connectivity index (χ1v) is 7.35. The van der Waals surface area contributed by atoms with Gasteiger partial charge in [-0.2, -0.15) is 0 Å². The van der Waals surface area contributed by atoms with Crippen molar-refractivity contribution in [2.24, 2.45) is 0 Å². The molecule has 0 saturated carbocycles. The summed E-state index contributed by atoms with van der Waals surface area (Å²) in [6, 6.07) is 12.5. The van der Waals surface area contributed by atoms with Gasteiger partial charge in [0.25, 0.3) is 0 Å². The molecule has 0 aliphatic rings. The van der Waals surface area contributed by atoms with E-state index in [0.29, 0.717) is 6.61 Å². The molecule has 0 atom stereocenters. The van der Waals surface area contributed by atoms with Crippen molar-refractivity contribution >= 4 is 38.2 Å². The summed E-state index contributed by atoms with van der Waals surface area (Å²) in [4.78, 5) is 11.4. The van der Waals surface area contributed by atoms with Gasteiger partial charge in [-0.05, 0) is 40.8 Å². The lowest BCUT2D eigenvalue weighted by atomic mass is 10.0. The third kappa shape index (κ3) is 2.32. The maximum atomic E-state index is 11.4. The minimum absolute atomic E-state index is 0.302. The van der Waals surface area contributed by atoms with Crippen LogP contribution in [-0.4, -0.2) is 5.97 Å². The molecule has 3 rings (SSSR count). The number of carbonyl (C=O) groups is 1. The van der Waals surface area contributed by atoms with E-state index < -0.39 is 0 Å². The number of hydrogen-bond donors (Lipinski definition) is 0. The van der Waals surface area contributed by atoms with Gasteiger partial charge in [0.15, 0.2) is 0 Å². The second-order valence-corrected chi connectivity index (χ2v) is 5.47. The molecule has 0 saturated heterocycles. The Balaban J connectivity index is 2.01. The summed E-state index contributed by atoms with van der Waals surface area (Å²) in [7, 11) is 0. The van der Waals surface area contributed by atoms with Crippen molar-refractivity contribution < 1.29 is 9.53 Å². The van der Waals surface area contributed by atoms with Gasteiger partial charge in [0, 0.05) is 16.2 Å². The van der Waals surface area contributed by atoms with E-state index >= 15 is 0 Å². The van der Waals surface area contributed by atoms with Crippen LogP contribution in [0.25, 0.3) is 20.9 Å². The summed E-state index contributed by atoms with van der Waals surface area (Å²) < 4.78 is 6.53. The summed E-state index contributed by atoms with van der Waals surface area (Å²) in [5.74, 6) is -0.305. The fourth-order valence-corrected chi connectivity index (χ4v) is 3.14. The zero-order valence-electron chi connectivity index (χ0n) is 11.1. The van der Waals surface area contributed by atoms with Gasteiger partial charge in [-0.1, -0.05) is 30.3 Å². The molecule has 0 unspecified atom stereocenters. The van der Waals surface area contributed by atoms with Crippen molar-refractivity contribution in [3.8, 4) is 0 Å². The second-order valence-electron chi connectivity index (χ2n) is 4.52. The first-order chi connectivity index (χ1) is 9.79. The highest BCUT2D eigenvalue weighted by atomic mass is 32.1. The van der Waals surface area contributed by atoms with Gasteiger partial charge in [0.2, 0.25) is 0 Å². The maximum absolute atomic E-state index is 11.4. The number of benzene rings is 2. The molecule has 1 aromatic heterocycles. The Labute approximate surface area is 121 Å². The number of hydrogen-bond acceptors (Lipinski definition) is 3. The Morgan fingerprint density at radius 1 is 1.15 bits per heavy atom. The van der Waals surface area contributed by atoms with E-state index in [-0.39, 0.29) is 5.97 Å². The molecule has 0 aliphatic carbocycles. The molecule has 0 radical (unpaired) electrons. The molecule has 1 heterocycles. The molecule has 0 N–H and O–H groups in total. The highest BCUT2D eigenvalue weighted by Crippen LogP contribution is 2.31. The molecule has 0 amide bonds. The van der Waals surface area contributed by atoms with E-state index in [1.165, 1.54) is 21.5 Å². The standard InChI is InChI=1S/C17H14O2S/c1-2-4-17(18)19-11-12-5-3-6-14-13(12)7-8-16-15(14)9-10-20-16/h2-10H,11H2,1H3. The van der Waals surface area contributed by atoms with Crippen LogP contribution in [0.3, 0.4) is 0 Å². The molecule has 0 aliphatic heterocycles. The van der Waals surface area contributed by atoms with E-state index in [4.69, 9.17) is 4.74 Å². The predicted molar refractivity (Wildman–Crippen MR) is 83.9 cm³/mol. The van der Waals surface area contributed by atoms with Crippen molar-refractivity contribution in [1.82, 2.24) is 0 Å². The van der Waals surface area contributed by atoms with E-state index in [1.54, 1.807) is 24.3 Å². The monoisotopic (exact) mass is 282 g/mol. The Bertz CT molecular complexity index is 799. The van der Waals surface area contributed by atoms with Gasteiger partial charge in [0.05, 0.1) is 0 Å². The predicted octanol–water partition coefficient (Wildman–Crippen LogP) is 4.67. The molecular formula is C17H14O2S. The van der Waals surface area contributed by atoms with Crippen LogP contribution in [-0.2, 0) is 16.1 Å². The van der Waals surface area contributed by atoms with E-state index in [2.05, 4.69) is 29.6 Å². The smallest absolute Gasteiger partial charge is 0.330 e. The van der Waals surface area contributed by atoms with Crippen molar-refractivity contribution in [3.63, 3.8) is 0 Å². The lowest BCUT2D eigenvalue weighted by molar-refractivity contribution is -0.138. The number of fused-ring (bicyclic) bond motifs is 3. The molecular weight excluding hydrogens is 268 g/mol. The Morgan fingerprint density at radius 2 is 2.05 bits per heavy atom. The molecule has 100 valence electrons. The van der Waals surface area contributed by atoms with Gasteiger partial charge in [-0.25, -0.2) is 4.79 Å². The fourth-order valence-electron chi connectivity index (χ4n) is 2.34. The minimum atomic E-state index is -0.305. The largest absolute Gasteiger partial charge is 0.458 e. The molecule has 3 heteroatoms. The molecule has 2 nitrogen and oxygen atoms in total. The van der Waals surface area contributed by atoms with Crippen LogP contribution >= 0.6 is 11.3 Å². The topological polar surface area (TPSA) is 26.3 Å². The van der Waals surface area contributed by atoms with Crippen molar-refractivity contribution in [3.05, 3.63) is 59.5 Å². The molecule has 2 aromatic carbocycles. The minimum Gasteiger partial charge on any atom is -0.458 e. The molecule has 0 fully saturated rings. The third-order valence-corrected chi connectivity index (χ3v) is 4.14. The van der Waals surface area contributed by atoms with Crippen molar-refractivity contribution in [2.45, 2.75) is 13.5 Å². The van der Waals surface area contributed by atoms with E-state index in [9.17, 15) is 4.79 Å². The number of esters is 1. The van der Waals surface area contributed by atoms with E-state index in [0.717, 1.165) is 10.9 Å². The number of ether oxygens (including phenoxy) is 1. The number of rotatable bonds is 3. The van der Waals surface area contributed by atoms with Crippen LogP contribution in [0, 0.1) is 0 Å². The van der Waals surface area contributed by atoms with Gasteiger partial charge >= 0.3 is 5.97 Å². The maximum Gasteiger partial charge on any atom is 0.330 e. The van der Waals surface area contributed by atoms with Crippen LogP contribution in [0.2, 0.25) is 0 Å². The quantitative estimate of drug-likeness (QED) is 0.515. The first kappa shape index (κ1) is 12.9. The van der Waals surface area contributed by atoms with Crippen LogP contribution in [0.1, 0.15) is 12.5 Å². The number of allylic oxidation sites excluding steroid dienone is 1. The lowest BCUT2D eigenvalue weighted by Gasteiger charge is -2.07. The molecule has 0 bridgehead atoms. The fraction of sp³-hybridized carbons (Fsp3) is 0.118. The zero-order valence-corrected chi connectivity index (χ0v) is 11.9. The van der Waals surface area contributed by atoms with Crippen LogP contribution < -0.4 is 0 Å². The van der Waals surface area contributed by atoms with Gasteiger partial charge in [-0.15, -0.1) is 11.3 Å². The molecule has 3 aromatic rings. The lowest BCUT2D eigenvalue weighted by Crippen LogP contribution is -2.01. The zero-order chi connectivity index (χ0) is 13.9. The normalized spacial score (nSPS) is 11.4. The molecule has 20 heavy (non-hydrogen) atoms. The summed E-state index contributed by atoms with van der Waals surface area (Å²) in [5, 5.41) is 5.71. The van der Waals surface area contributed by atoms with Gasteiger partial charge < -0.3 is 4.74 Å². The van der Waals surface area contributed by atoms with E-state index in [1.807, 2.05) is 12.1 Å².